The molecule has 18 heavy (non-hydrogen) atoms. The van der Waals surface area contributed by atoms with Gasteiger partial charge in [0.05, 0.1) is 19.4 Å². The lowest BCUT2D eigenvalue weighted by molar-refractivity contribution is -0.126. The lowest BCUT2D eigenvalue weighted by atomic mass is 10.0. The molecule has 0 saturated carbocycles. The molecule has 2 amide bonds. The van der Waals surface area contributed by atoms with Gasteiger partial charge in [-0.15, -0.1) is 0 Å². The van der Waals surface area contributed by atoms with E-state index in [1.807, 2.05) is 0 Å². The number of rotatable bonds is 6. The second-order valence-electron chi connectivity index (χ2n) is 4.16. The first-order chi connectivity index (χ1) is 8.45. The molecule has 0 bridgehead atoms. The molecule has 0 fully saturated rings. The molecule has 1 aromatic heterocycles. The topological polar surface area (TPSA) is 91.6 Å². The number of nitrogens with one attached hydrogen (secondary N) is 2. The first-order valence-electron chi connectivity index (χ1n) is 5.75. The van der Waals surface area contributed by atoms with E-state index < -0.39 is 5.60 Å². The van der Waals surface area contributed by atoms with Crippen molar-refractivity contribution in [3.63, 3.8) is 0 Å². The van der Waals surface area contributed by atoms with Crippen LogP contribution in [0.1, 0.15) is 26.0 Å². The first kappa shape index (κ1) is 14.2. The van der Waals surface area contributed by atoms with Gasteiger partial charge in [-0.2, -0.15) is 0 Å². The van der Waals surface area contributed by atoms with E-state index in [1.165, 1.54) is 13.2 Å². The molecule has 0 spiro atoms. The van der Waals surface area contributed by atoms with Gasteiger partial charge in [-0.3, -0.25) is 9.59 Å². The molecule has 6 nitrogen and oxygen atoms in total. The zero-order valence-corrected chi connectivity index (χ0v) is 10.5. The first-order valence-corrected chi connectivity index (χ1v) is 5.75. The minimum atomic E-state index is -1.27. The molecule has 1 atom stereocenters. The molecule has 0 aliphatic heterocycles. The van der Waals surface area contributed by atoms with Crippen molar-refractivity contribution in [1.29, 1.82) is 0 Å². The summed E-state index contributed by atoms with van der Waals surface area (Å²) in [6.07, 6.45) is 1.78. The van der Waals surface area contributed by atoms with Crippen molar-refractivity contribution in [3.05, 3.63) is 24.2 Å². The molecule has 0 aromatic carbocycles. The Kier molecular flexibility index (Phi) is 4.91. The summed E-state index contributed by atoms with van der Waals surface area (Å²) in [5.74, 6) is -0.174. The van der Waals surface area contributed by atoms with Gasteiger partial charge in [0, 0.05) is 6.42 Å². The van der Waals surface area contributed by atoms with E-state index >= 15 is 0 Å². The lowest BCUT2D eigenvalue weighted by Gasteiger charge is -2.21. The van der Waals surface area contributed by atoms with Gasteiger partial charge < -0.3 is 20.2 Å². The van der Waals surface area contributed by atoms with Gasteiger partial charge in [0.25, 0.3) is 0 Å². The average Bonchev–Trinajstić information content (AvgIpc) is 2.88. The van der Waals surface area contributed by atoms with E-state index in [0.717, 1.165) is 0 Å². The van der Waals surface area contributed by atoms with Crippen molar-refractivity contribution in [2.75, 3.05) is 13.1 Å². The molecule has 1 heterocycles. The Morgan fingerprint density at radius 1 is 1.39 bits per heavy atom. The SMILES string of the molecule is CCC(=O)NCC(=O)NCC(C)(O)c1ccco1. The van der Waals surface area contributed by atoms with Crippen molar-refractivity contribution in [1.82, 2.24) is 10.6 Å². The van der Waals surface area contributed by atoms with Crippen molar-refractivity contribution >= 4 is 11.8 Å². The van der Waals surface area contributed by atoms with E-state index in [1.54, 1.807) is 19.1 Å². The van der Waals surface area contributed by atoms with E-state index in [9.17, 15) is 14.7 Å². The second kappa shape index (κ2) is 6.20. The van der Waals surface area contributed by atoms with Gasteiger partial charge in [-0.25, -0.2) is 0 Å². The van der Waals surface area contributed by atoms with Crippen LogP contribution in [0.25, 0.3) is 0 Å². The van der Waals surface area contributed by atoms with Crippen molar-refractivity contribution in [3.8, 4) is 0 Å². The molecule has 1 aromatic rings. The zero-order chi connectivity index (χ0) is 13.6. The number of carbonyl (C=O) groups is 2. The summed E-state index contributed by atoms with van der Waals surface area (Å²) in [6, 6.07) is 3.29. The normalized spacial score (nSPS) is 13.7. The third kappa shape index (κ3) is 4.21. The van der Waals surface area contributed by atoms with E-state index in [2.05, 4.69) is 10.6 Å². The molecule has 0 saturated heterocycles. The highest BCUT2D eigenvalue weighted by molar-refractivity contribution is 5.84. The fraction of sp³-hybridized carbons (Fsp3) is 0.500. The van der Waals surface area contributed by atoms with Crippen LogP contribution in [0.15, 0.2) is 22.8 Å². The highest BCUT2D eigenvalue weighted by Gasteiger charge is 2.26. The maximum atomic E-state index is 11.4. The Morgan fingerprint density at radius 2 is 2.11 bits per heavy atom. The minimum absolute atomic E-state index is 0.0152. The monoisotopic (exact) mass is 254 g/mol. The largest absolute Gasteiger partial charge is 0.466 e. The van der Waals surface area contributed by atoms with Crippen LogP contribution < -0.4 is 10.6 Å². The summed E-state index contributed by atoms with van der Waals surface area (Å²) in [6.45, 7) is 3.16. The lowest BCUT2D eigenvalue weighted by Crippen LogP contribution is -2.43. The van der Waals surface area contributed by atoms with Gasteiger partial charge >= 0.3 is 0 Å². The van der Waals surface area contributed by atoms with Crippen LogP contribution in [-0.4, -0.2) is 30.0 Å². The number of carbonyl (C=O) groups excluding carboxylic acids is 2. The van der Waals surface area contributed by atoms with Crippen LogP contribution in [0.5, 0.6) is 0 Å². The molecule has 0 aliphatic rings. The highest BCUT2D eigenvalue weighted by Crippen LogP contribution is 2.19. The number of furan rings is 1. The van der Waals surface area contributed by atoms with Crippen LogP contribution in [0.4, 0.5) is 0 Å². The summed E-state index contributed by atoms with van der Waals surface area (Å²) in [4.78, 5) is 22.4. The van der Waals surface area contributed by atoms with E-state index in [-0.39, 0.29) is 24.9 Å². The highest BCUT2D eigenvalue weighted by atomic mass is 16.4. The van der Waals surface area contributed by atoms with Crippen molar-refractivity contribution in [2.45, 2.75) is 25.9 Å². The summed E-state index contributed by atoms with van der Waals surface area (Å²) >= 11 is 0. The van der Waals surface area contributed by atoms with Crippen LogP contribution in [-0.2, 0) is 15.2 Å². The number of amides is 2. The van der Waals surface area contributed by atoms with Gasteiger partial charge in [-0.05, 0) is 19.1 Å². The smallest absolute Gasteiger partial charge is 0.239 e. The molecule has 0 aliphatic carbocycles. The van der Waals surface area contributed by atoms with Crippen LogP contribution in [0, 0.1) is 0 Å². The second-order valence-corrected chi connectivity index (χ2v) is 4.16. The molecule has 6 heteroatoms. The third-order valence-electron chi connectivity index (χ3n) is 2.45. The number of aliphatic hydroxyl groups is 1. The van der Waals surface area contributed by atoms with Crippen LogP contribution in [0.2, 0.25) is 0 Å². The standard InChI is InChI=1S/C12H18N2O4/c1-3-10(15)13-7-11(16)14-8-12(2,17)9-5-4-6-18-9/h4-6,17H,3,7-8H2,1-2H3,(H,13,15)(H,14,16). The summed E-state index contributed by atoms with van der Waals surface area (Å²) in [5.41, 5.74) is -1.27. The van der Waals surface area contributed by atoms with Crippen LogP contribution >= 0.6 is 0 Å². The maximum Gasteiger partial charge on any atom is 0.239 e. The zero-order valence-electron chi connectivity index (χ0n) is 10.5. The van der Waals surface area contributed by atoms with Crippen LogP contribution in [0.3, 0.4) is 0 Å². The van der Waals surface area contributed by atoms with E-state index in [4.69, 9.17) is 4.42 Å². The molecule has 100 valence electrons. The van der Waals surface area contributed by atoms with Crippen molar-refractivity contribution in [2.24, 2.45) is 0 Å². The van der Waals surface area contributed by atoms with Gasteiger partial charge in [0.2, 0.25) is 11.8 Å². The molecule has 1 rings (SSSR count). The Labute approximate surface area is 105 Å². The average molecular weight is 254 g/mol. The minimum Gasteiger partial charge on any atom is -0.466 e. The third-order valence-corrected chi connectivity index (χ3v) is 2.45. The Morgan fingerprint density at radius 3 is 2.67 bits per heavy atom. The molecule has 1 unspecified atom stereocenters. The number of hydrogen-bond acceptors (Lipinski definition) is 4. The summed E-state index contributed by atoms with van der Waals surface area (Å²) in [7, 11) is 0. The molecular weight excluding hydrogens is 236 g/mol. The fourth-order valence-electron chi connectivity index (χ4n) is 1.31. The Balaban J connectivity index is 2.36. The van der Waals surface area contributed by atoms with Gasteiger partial charge in [0.1, 0.15) is 11.4 Å². The summed E-state index contributed by atoms with van der Waals surface area (Å²) < 4.78 is 5.08. The van der Waals surface area contributed by atoms with Gasteiger partial charge in [-0.1, -0.05) is 6.92 Å². The van der Waals surface area contributed by atoms with Crippen molar-refractivity contribution < 1.29 is 19.1 Å². The Hall–Kier alpha value is -1.82. The number of hydrogen-bond donors (Lipinski definition) is 3. The molecule has 3 N–H and O–H groups in total. The molecular formula is C12H18N2O4. The molecule has 0 radical (unpaired) electrons. The predicted octanol–water partition coefficient (Wildman–Crippen LogP) is 0.130. The maximum absolute atomic E-state index is 11.4. The predicted molar refractivity (Wildman–Crippen MR) is 64.6 cm³/mol. The summed E-state index contributed by atoms with van der Waals surface area (Å²) in [5, 5.41) is 15.0. The van der Waals surface area contributed by atoms with Gasteiger partial charge in [0.15, 0.2) is 0 Å². The van der Waals surface area contributed by atoms with E-state index in [0.29, 0.717) is 12.2 Å². The fourth-order valence-corrected chi connectivity index (χ4v) is 1.31. The quantitative estimate of drug-likeness (QED) is 0.673. The Bertz CT molecular complexity index is 398.